The summed E-state index contributed by atoms with van der Waals surface area (Å²) in [7, 11) is -4.60. The van der Waals surface area contributed by atoms with Crippen LogP contribution in [0.4, 0.5) is 3.89 Å². The quantitative estimate of drug-likeness (QED) is 0.595. The van der Waals surface area contributed by atoms with Gasteiger partial charge in [0.2, 0.25) is 0 Å². The van der Waals surface area contributed by atoms with E-state index >= 15 is 0 Å². The van der Waals surface area contributed by atoms with Crippen molar-refractivity contribution < 1.29 is 17.0 Å². The molecule has 0 bridgehead atoms. The highest BCUT2D eigenvalue weighted by molar-refractivity contribution is 7.86. The standard InChI is InChI=1S/C8H8ClFO3S/c9-8(6-14(10,11)12)13-7-4-2-1-3-5-7/h1-5,8H,6H2. The lowest BCUT2D eigenvalue weighted by atomic mass is 10.3. The first-order chi connectivity index (χ1) is 6.47. The third kappa shape index (κ3) is 4.43. The summed E-state index contributed by atoms with van der Waals surface area (Å²) in [6, 6.07) is 8.36. The van der Waals surface area contributed by atoms with Crippen LogP contribution in [0.15, 0.2) is 30.3 Å². The van der Waals surface area contributed by atoms with Crippen molar-refractivity contribution in [2.24, 2.45) is 0 Å². The van der Waals surface area contributed by atoms with Crippen molar-refractivity contribution in [3.05, 3.63) is 30.3 Å². The Bertz CT molecular complexity index is 379. The van der Waals surface area contributed by atoms with Gasteiger partial charge in [-0.25, -0.2) is 0 Å². The summed E-state index contributed by atoms with van der Waals surface area (Å²) in [6.45, 7) is 0. The van der Waals surface area contributed by atoms with E-state index in [9.17, 15) is 12.3 Å². The lowest BCUT2D eigenvalue weighted by molar-refractivity contribution is 0.301. The molecule has 1 rings (SSSR count). The highest BCUT2D eigenvalue weighted by atomic mass is 35.5. The van der Waals surface area contributed by atoms with Gasteiger partial charge in [0.15, 0.2) is 5.56 Å². The number of hydrogen-bond acceptors (Lipinski definition) is 3. The fraction of sp³-hybridized carbons (Fsp3) is 0.250. The van der Waals surface area contributed by atoms with Crippen molar-refractivity contribution >= 4 is 21.8 Å². The predicted octanol–water partition coefficient (Wildman–Crippen LogP) is 1.93. The van der Waals surface area contributed by atoms with Crippen LogP contribution in [0.1, 0.15) is 0 Å². The van der Waals surface area contributed by atoms with Crippen molar-refractivity contribution in [2.45, 2.75) is 5.56 Å². The van der Waals surface area contributed by atoms with E-state index in [0.717, 1.165) is 0 Å². The molecule has 1 aromatic rings. The molecule has 0 radical (unpaired) electrons. The Balaban J connectivity index is 2.54. The molecule has 14 heavy (non-hydrogen) atoms. The third-order valence-electron chi connectivity index (χ3n) is 1.34. The Labute approximate surface area is 86.7 Å². The smallest absolute Gasteiger partial charge is 0.307 e. The highest BCUT2D eigenvalue weighted by Crippen LogP contribution is 2.14. The fourth-order valence-corrected chi connectivity index (χ4v) is 1.77. The van der Waals surface area contributed by atoms with Crippen molar-refractivity contribution in [3.8, 4) is 5.75 Å². The number of para-hydroxylation sites is 1. The molecule has 0 aliphatic heterocycles. The number of hydrogen-bond donors (Lipinski definition) is 0. The summed E-state index contributed by atoms with van der Waals surface area (Å²) in [5, 5.41) is 0. The maximum Gasteiger partial charge on any atom is 0.307 e. The van der Waals surface area contributed by atoms with Crippen molar-refractivity contribution in [2.75, 3.05) is 5.75 Å². The molecule has 3 nitrogen and oxygen atoms in total. The number of alkyl halides is 1. The summed E-state index contributed by atoms with van der Waals surface area (Å²) in [5.74, 6) is -0.458. The largest absolute Gasteiger partial charge is 0.474 e. The zero-order valence-electron chi connectivity index (χ0n) is 7.06. The van der Waals surface area contributed by atoms with Gasteiger partial charge in [0, 0.05) is 0 Å². The number of ether oxygens (including phenoxy) is 1. The zero-order chi connectivity index (χ0) is 10.6. The first-order valence-electron chi connectivity index (χ1n) is 3.75. The maximum absolute atomic E-state index is 12.1. The van der Waals surface area contributed by atoms with Gasteiger partial charge in [-0.2, -0.15) is 8.42 Å². The van der Waals surface area contributed by atoms with Crippen LogP contribution in [0, 0.1) is 0 Å². The molecule has 0 heterocycles. The minimum atomic E-state index is -4.60. The van der Waals surface area contributed by atoms with Gasteiger partial charge in [0.05, 0.1) is 0 Å². The van der Waals surface area contributed by atoms with E-state index in [1.54, 1.807) is 30.3 Å². The van der Waals surface area contributed by atoms with Crippen LogP contribution >= 0.6 is 11.6 Å². The van der Waals surface area contributed by atoms with Crippen LogP contribution in [0.5, 0.6) is 5.75 Å². The molecule has 0 amide bonds. The molecule has 1 aromatic carbocycles. The average Bonchev–Trinajstić information content (AvgIpc) is 2.02. The Kier molecular flexibility index (Phi) is 3.71. The molecule has 0 aliphatic rings. The van der Waals surface area contributed by atoms with Crippen LogP contribution in [0.3, 0.4) is 0 Å². The Hall–Kier alpha value is -0.810. The van der Waals surface area contributed by atoms with Crippen molar-refractivity contribution in [1.82, 2.24) is 0 Å². The Morgan fingerprint density at radius 1 is 1.36 bits per heavy atom. The van der Waals surface area contributed by atoms with E-state index in [1.165, 1.54) is 0 Å². The van der Waals surface area contributed by atoms with Crippen LogP contribution in [0.25, 0.3) is 0 Å². The number of rotatable bonds is 4. The summed E-state index contributed by atoms with van der Waals surface area (Å²) < 4.78 is 37.5. The molecular formula is C8H8ClFO3S. The SMILES string of the molecule is O=S(=O)(F)CC(Cl)Oc1ccccc1. The van der Waals surface area contributed by atoms with Crippen molar-refractivity contribution in [3.63, 3.8) is 0 Å². The molecule has 78 valence electrons. The normalized spacial score (nSPS) is 13.6. The molecule has 1 atom stereocenters. The molecule has 0 fully saturated rings. The lowest BCUT2D eigenvalue weighted by Gasteiger charge is -2.09. The molecule has 0 saturated heterocycles. The van der Waals surface area contributed by atoms with E-state index in [2.05, 4.69) is 0 Å². The minimum Gasteiger partial charge on any atom is -0.474 e. The van der Waals surface area contributed by atoms with E-state index in [1.807, 2.05) is 0 Å². The second kappa shape index (κ2) is 4.61. The van der Waals surface area contributed by atoms with Gasteiger partial charge in [0.1, 0.15) is 11.5 Å². The lowest BCUT2D eigenvalue weighted by Crippen LogP contribution is -2.18. The fourth-order valence-electron chi connectivity index (χ4n) is 0.837. The second-order valence-electron chi connectivity index (χ2n) is 2.55. The molecule has 0 N–H and O–H groups in total. The average molecular weight is 239 g/mol. The van der Waals surface area contributed by atoms with E-state index in [-0.39, 0.29) is 0 Å². The molecule has 0 aliphatic carbocycles. The van der Waals surface area contributed by atoms with Crippen molar-refractivity contribution in [1.29, 1.82) is 0 Å². The third-order valence-corrected chi connectivity index (χ3v) is 2.46. The summed E-state index contributed by atoms with van der Waals surface area (Å²) in [4.78, 5) is 0. The number of benzene rings is 1. The first-order valence-corrected chi connectivity index (χ1v) is 5.74. The van der Waals surface area contributed by atoms with Gasteiger partial charge in [-0.05, 0) is 12.1 Å². The zero-order valence-corrected chi connectivity index (χ0v) is 8.63. The predicted molar refractivity (Wildman–Crippen MR) is 51.6 cm³/mol. The number of halogens is 2. The van der Waals surface area contributed by atoms with E-state index in [0.29, 0.717) is 5.75 Å². The van der Waals surface area contributed by atoms with Gasteiger partial charge < -0.3 is 4.74 Å². The van der Waals surface area contributed by atoms with Crippen LogP contribution in [-0.2, 0) is 10.2 Å². The van der Waals surface area contributed by atoms with Gasteiger partial charge >= 0.3 is 10.2 Å². The molecular weight excluding hydrogens is 231 g/mol. The highest BCUT2D eigenvalue weighted by Gasteiger charge is 2.17. The van der Waals surface area contributed by atoms with E-state index in [4.69, 9.17) is 16.3 Å². The monoisotopic (exact) mass is 238 g/mol. The molecule has 0 saturated carbocycles. The first kappa shape index (κ1) is 11.3. The Morgan fingerprint density at radius 3 is 2.43 bits per heavy atom. The summed E-state index contributed by atoms with van der Waals surface area (Å²) in [5.41, 5.74) is -1.22. The van der Waals surface area contributed by atoms with Crippen LogP contribution < -0.4 is 4.74 Å². The van der Waals surface area contributed by atoms with Gasteiger partial charge in [0.25, 0.3) is 0 Å². The molecule has 0 aromatic heterocycles. The van der Waals surface area contributed by atoms with Gasteiger partial charge in [-0.1, -0.05) is 29.8 Å². The Morgan fingerprint density at radius 2 is 1.93 bits per heavy atom. The maximum atomic E-state index is 12.1. The van der Waals surface area contributed by atoms with E-state index < -0.39 is 21.5 Å². The van der Waals surface area contributed by atoms with Crippen LogP contribution in [-0.4, -0.2) is 19.7 Å². The topological polar surface area (TPSA) is 43.4 Å². The minimum absolute atomic E-state index is 0.399. The summed E-state index contributed by atoms with van der Waals surface area (Å²) in [6.07, 6.45) is 0. The molecule has 6 heteroatoms. The molecule has 0 spiro atoms. The summed E-state index contributed by atoms with van der Waals surface area (Å²) >= 11 is 5.46. The second-order valence-corrected chi connectivity index (χ2v) is 4.44. The van der Waals surface area contributed by atoms with Gasteiger partial charge in [-0.3, -0.25) is 0 Å². The molecule has 1 unspecified atom stereocenters. The van der Waals surface area contributed by atoms with Gasteiger partial charge in [-0.15, -0.1) is 3.89 Å². The van der Waals surface area contributed by atoms with Crippen LogP contribution in [0.2, 0.25) is 0 Å².